The number of hydrogen-bond donors (Lipinski definition) is 1. The standard InChI is InChI=1S/C20H22N4O3S/c1-24(12-15-6-4-5-7-17(15)27-3)18(25)13-28-20-21-19(22-23-20)14-8-10-16(26-2)11-9-14/h4-11H,12-13H2,1-3H3,(H,21,22,23). The Labute approximate surface area is 168 Å². The number of rotatable bonds is 8. The van der Waals surface area contributed by atoms with Gasteiger partial charge in [-0.3, -0.25) is 9.89 Å². The molecule has 3 rings (SSSR count). The summed E-state index contributed by atoms with van der Waals surface area (Å²) in [5.41, 5.74) is 1.87. The number of nitrogens with one attached hydrogen (secondary N) is 1. The molecule has 146 valence electrons. The van der Waals surface area contributed by atoms with Crippen LogP contribution in [0, 0.1) is 0 Å². The van der Waals surface area contributed by atoms with Crippen molar-refractivity contribution in [2.45, 2.75) is 11.7 Å². The maximum Gasteiger partial charge on any atom is 0.233 e. The number of amides is 1. The van der Waals surface area contributed by atoms with E-state index in [1.165, 1.54) is 11.8 Å². The molecule has 0 spiro atoms. The molecule has 0 aliphatic carbocycles. The third kappa shape index (κ3) is 4.83. The van der Waals surface area contributed by atoms with Crippen LogP contribution in [0.1, 0.15) is 5.56 Å². The van der Waals surface area contributed by atoms with Gasteiger partial charge in [0.1, 0.15) is 11.5 Å². The van der Waals surface area contributed by atoms with Gasteiger partial charge < -0.3 is 14.4 Å². The lowest BCUT2D eigenvalue weighted by atomic mass is 10.2. The Balaban J connectivity index is 1.56. The predicted octanol–water partition coefficient (Wildman–Crippen LogP) is 3.24. The van der Waals surface area contributed by atoms with E-state index >= 15 is 0 Å². The Morgan fingerprint density at radius 1 is 1.11 bits per heavy atom. The number of carbonyl (C=O) groups is 1. The molecule has 0 aliphatic heterocycles. The van der Waals surface area contributed by atoms with E-state index in [-0.39, 0.29) is 11.7 Å². The van der Waals surface area contributed by atoms with Crippen LogP contribution >= 0.6 is 11.8 Å². The Hall–Kier alpha value is -3.00. The van der Waals surface area contributed by atoms with E-state index < -0.39 is 0 Å². The summed E-state index contributed by atoms with van der Waals surface area (Å²) < 4.78 is 10.5. The van der Waals surface area contributed by atoms with Crippen molar-refractivity contribution in [2.24, 2.45) is 0 Å². The fourth-order valence-corrected chi connectivity index (χ4v) is 3.34. The first kappa shape index (κ1) is 19.8. The van der Waals surface area contributed by atoms with Crippen molar-refractivity contribution in [3.8, 4) is 22.9 Å². The molecule has 3 aromatic rings. The van der Waals surface area contributed by atoms with E-state index in [2.05, 4.69) is 15.2 Å². The second kappa shape index (κ2) is 9.27. The van der Waals surface area contributed by atoms with Crippen LogP contribution in [-0.2, 0) is 11.3 Å². The molecule has 0 aliphatic rings. The second-order valence-electron chi connectivity index (χ2n) is 6.05. The third-order valence-corrected chi connectivity index (χ3v) is 5.01. The molecule has 7 nitrogen and oxygen atoms in total. The van der Waals surface area contributed by atoms with Crippen LogP contribution < -0.4 is 9.47 Å². The van der Waals surface area contributed by atoms with Gasteiger partial charge in [0.05, 0.1) is 20.0 Å². The molecular weight excluding hydrogens is 376 g/mol. The first-order chi connectivity index (χ1) is 13.6. The van der Waals surface area contributed by atoms with E-state index in [0.717, 1.165) is 22.6 Å². The molecule has 0 atom stereocenters. The number of carbonyl (C=O) groups excluding carboxylic acids is 1. The largest absolute Gasteiger partial charge is 0.497 e. The summed E-state index contributed by atoms with van der Waals surface area (Å²) in [6.07, 6.45) is 0. The van der Waals surface area contributed by atoms with Gasteiger partial charge in [-0.05, 0) is 30.3 Å². The molecule has 1 N–H and O–H groups in total. The van der Waals surface area contributed by atoms with Gasteiger partial charge in [0.25, 0.3) is 0 Å². The number of thioether (sulfide) groups is 1. The van der Waals surface area contributed by atoms with Gasteiger partial charge in [-0.2, -0.15) is 0 Å². The molecule has 1 amide bonds. The SMILES string of the molecule is COc1ccc(-c2nc(SCC(=O)N(C)Cc3ccccc3OC)n[nH]2)cc1. The number of hydrogen-bond acceptors (Lipinski definition) is 6. The van der Waals surface area contributed by atoms with E-state index in [1.54, 1.807) is 26.2 Å². The summed E-state index contributed by atoms with van der Waals surface area (Å²) in [5.74, 6) is 2.45. The normalized spacial score (nSPS) is 10.5. The quantitative estimate of drug-likeness (QED) is 0.587. The Morgan fingerprint density at radius 2 is 1.86 bits per heavy atom. The molecule has 1 aromatic heterocycles. The lowest BCUT2D eigenvalue weighted by Gasteiger charge is -2.18. The second-order valence-corrected chi connectivity index (χ2v) is 6.99. The van der Waals surface area contributed by atoms with Gasteiger partial charge in [-0.15, -0.1) is 5.10 Å². The van der Waals surface area contributed by atoms with E-state index in [1.807, 2.05) is 48.5 Å². The van der Waals surface area contributed by atoms with Crippen molar-refractivity contribution in [3.05, 3.63) is 54.1 Å². The van der Waals surface area contributed by atoms with Crippen LogP contribution in [0.2, 0.25) is 0 Å². The van der Waals surface area contributed by atoms with Crippen molar-refractivity contribution in [1.82, 2.24) is 20.1 Å². The number of para-hydroxylation sites is 1. The zero-order valence-corrected chi connectivity index (χ0v) is 16.8. The summed E-state index contributed by atoms with van der Waals surface area (Å²) in [6.45, 7) is 0.481. The van der Waals surface area contributed by atoms with Crippen LogP contribution in [-0.4, -0.2) is 53.0 Å². The Kier molecular flexibility index (Phi) is 6.54. The highest BCUT2D eigenvalue weighted by atomic mass is 32.2. The summed E-state index contributed by atoms with van der Waals surface area (Å²) in [5, 5.41) is 7.62. The average Bonchev–Trinajstić information content (AvgIpc) is 3.21. The minimum absolute atomic E-state index is 0.00768. The Morgan fingerprint density at radius 3 is 2.57 bits per heavy atom. The van der Waals surface area contributed by atoms with Gasteiger partial charge >= 0.3 is 0 Å². The Bertz CT molecular complexity index is 927. The number of methoxy groups -OCH3 is 2. The first-order valence-corrected chi connectivity index (χ1v) is 9.64. The highest BCUT2D eigenvalue weighted by Gasteiger charge is 2.14. The van der Waals surface area contributed by atoms with Crippen LogP contribution in [0.5, 0.6) is 11.5 Å². The summed E-state index contributed by atoms with van der Waals surface area (Å²) in [4.78, 5) is 18.6. The summed E-state index contributed by atoms with van der Waals surface area (Å²) >= 11 is 1.30. The number of aromatic nitrogens is 3. The predicted molar refractivity (Wildman–Crippen MR) is 109 cm³/mol. The third-order valence-electron chi connectivity index (χ3n) is 4.18. The molecule has 0 saturated carbocycles. The molecule has 8 heteroatoms. The molecule has 28 heavy (non-hydrogen) atoms. The van der Waals surface area contributed by atoms with Crippen LogP contribution in [0.15, 0.2) is 53.7 Å². The molecule has 1 heterocycles. The van der Waals surface area contributed by atoms with Gasteiger partial charge in [0, 0.05) is 24.7 Å². The van der Waals surface area contributed by atoms with Crippen molar-refractivity contribution >= 4 is 17.7 Å². The van der Waals surface area contributed by atoms with Crippen molar-refractivity contribution < 1.29 is 14.3 Å². The van der Waals surface area contributed by atoms with Crippen molar-refractivity contribution in [3.63, 3.8) is 0 Å². The maximum absolute atomic E-state index is 12.5. The number of nitrogens with zero attached hydrogens (tertiary/aromatic N) is 3. The monoisotopic (exact) mass is 398 g/mol. The maximum atomic E-state index is 12.5. The minimum atomic E-state index is -0.00768. The highest BCUT2D eigenvalue weighted by molar-refractivity contribution is 7.99. The van der Waals surface area contributed by atoms with Crippen molar-refractivity contribution in [1.29, 1.82) is 0 Å². The lowest BCUT2D eigenvalue weighted by molar-refractivity contribution is -0.127. The van der Waals surface area contributed by atoms with Gasteiger partial charge in [0.15, 0.2) is 5.82 Å². The fraction of sp³-hybridized carbons (Fsp3) is 0.250. The van der Waals surface area contributed by atoms with Gasteiger partial charge in [-0.25, -0.2) is 4.98 Å². The number of H-pyrrole nitrogens is 1. The lowest BCUT2D eigenvalue weighted by Crippen LogP contribution is -2.28. The molecule has 0 radical (unpaired) electrons. The van der Waals surface area contributed by atoms with E-state index in [4.69, 9.17) is 9.47 Å². The van der Waals surface area contributed by atoms with E-state index in [9.17, 15) is 4.79 Å². The van der Waals surface area contributed by atoms with E-state index in [0.29, 0.717) is 17.5 Å². The molecule has 0 fully saturated rings. The fourth-order valence-electron chi connectivity index (χ4n) is 2.60. The van der Waals surface area contributed by atoms with Crippen LogP contribution in [0.25, 0.3) is 11.4 Å². The average molecular weight is 398 g/mol. The zero-order valence-electron chi connectivity index (χ0n) is 16.0. The molecule has 2 aromatic carbocycles. The number of benzene rings is 2. The van der Waals surface area contributed by atoms with Crippen molar-refractivity contribution in [2.75, 3.05) is 27.0 Å². The zero-order chi connectivity index (χ0) is 19.9. The van der Waals surface area contributed by atoms with Crippen LogP contribution in [0.3, 0.4) is 0 Å². The topological polar surface area (TPSA) is 80.3 Å². The summed E-state index contributed by atoms with van der Waals surface area (Å²) in [6, 6.07) is 15.2. The molecule has 0 unspecified atom stereocenters. The summed E-state index contributed by atoms with van der Waals surface area (Å²) in [7, 11) is 5.02. The molecule has 0 saturated heterocycles. The van der Waals surface area contributed by atoms with Crippen LogP contribution in [0.4, 0.5) is 0 Å². The minimum Gasteiger partial charge on any atom is -0.497 e. The van der Waals surface area contributed by atoms with Gasteiger partial charge in [0.2, 0.25) is 11.1 Å². The number of aromatic amines is 1. The first-order valence-electron chi connectivity index (χ1n) is 8.66. The molecular formula is C20H22N4O3S. The number of ether oxygens (including phenoxy) is 2. The highest BCUT2D eigenvalue weighted by Crippen LogP contribution is 2.23. The molecule has 0 bridgehead atoms. The smallest absolute Gasteiger partial charge is 0.233 e. The van der Waals surface area contributed by atoms with Gasteiger partial charge in [-0.1, -0.05) is 30.0 Å².